The minimum absolute atomic E-state index is 0.00701. The topological polar surface area (TPSA) is 112 Å². The van der Waals surface area contributed by atoms with Gasteiger partial charge >= 0.3 is 12.1 Å². The van der Waals surface area contributed by atoms with E-state index in [0.717, 1.165) is 19.5 Å². The quantitative estimate of drug-likeness (QED) is 0.217. The van der Waals surface area contributed by atoms with E-state index < -0.39 is 0 Å². The lowest BCUT2D eigenvalue weighted by atomic mass is 9.90. The molecule has 308 valence electrons. The third kappa shape index (κ3) is 57.5. The Bertz CT molecular complexity index is 911. The van der Waals surface area contributed by atoms with Gasteiger partial charge in [0.05, 0.1) is 6.61 Å². The molecule has 0 radical (unpaired) electrons. The number of hydrogen-bond donors (Lipinski definition) is 4. The molecular weight excluding hydrogens is 638 g/mol. The fourth-order valence-electron chi connectivity index (χ4n) is 3.61. The molecule has 0 aliphatic heterocycles. The zero-order valence-corrected chi connectivity index (χ0v) is 38.8. The largest absolute Gasteiger partial charge is 0.449 e. The number of urea groups is 1. The predicted octanol–water partition coefficient (Wildman–Crippen LogP) is 10.6. The summed E-state index contributed by atoms with van der Waals surface area (Å²) in [7, 11) is 1.83. The average Bonchev–Trinajstić information content (AvgIpc) is 2.76. The van der Waals surface area contributed by atoms with Crippen LogP contribution in [0.5, 0.6) is 0 Å². The van der Waals surface area contributed by atoms with E-state index in [0.29, 0.717) is 18.4 Å². The molecule has 0 saturated heterocycles. The monoisotopic (exact) mass is 730 g/mol. The van der Waals surface area contributed by atoms with Crippen LogP contribution >= 0.6 is 0 Å². The van der Waals surface area contributed by atoms with E-state index in [1.54, 1.807) is 4.90 Å². The van der Waals surface area contributed by atoms with Crippen LogP contribution in [-0.2, 0) is 9.53 Å². The maximum Gasteiger partial charge on any atom is 0.407 e. The summed E-state index contributed by atoms with van der Waals surface area (Å²) in [6.45, 7) is 52.4. The van der Waals surface area contributed by atoms with Gasteiger partial charge in [-0.15, -0.1) is 0 Å². The van der Waals surface area contributed by atoms with Crippen LogP contribution in [0.1, 0.15) is 185 Å². The van der Waals surface area contributed by atoms with Crippen LogP contribution in [0.4, 0.5) is 9.59 Å². The molecule has 0 bridgehead atoms. The Kier molecular flexibility index (Phi) is 24.3. The first-order valence-electron chi connectivity index (χ1n) is 19.0. The highest BCUT2D eigenvalue weighted by atomic mass is 16.5. The molecule has 0 heterocycles. The van der Waals surface area contributed by atoms with Gasteiger partial charge in [-0.2, -0.15) is 0 Å². The Hall–Kier alpha value is -2.03. The maximum absolute atomic E-state index is 11.7. The molecule has 0 saturated carbocycles. The number of alkyl carbamates (subject to hydrolysis) is 1. The van der Waals surface area contributed by atoms with Crippen molar-refractivity contribution in [2.24, 2.45) is 21.7 Å². The predicted molar refractivity (Wildman–Crippen MR) is 222 cm³/mol. The van der Waals surface area contributed by atoms with Crippen molar-refractivity contribution in [1.29, 1.82) is 0 Å². The molecule has 0 fully saturated rings. The van der Waals surface area contributed by atoms with E-state index >= 15 is 0 Å². The lowest BCUT2D eigenvalue weighted by molar-refractivity contribution is -0.123. The smallest absolute Gasteiger partial charge is 0.407 e. The molecule has 0 aromatic rings. The summed E-state index contributed by atoms with van der Waals surface area (Å²) in [6.07, 6.45) is 2.46. The molecule has 0 aliphatic carbocycles. The van der Waals surface area contributed by atoms with Gasteiger partial charge in [-0.1, -0.05) is 83.1 Å². The third-order valence-electron chi connectivity index (χ3n) is 5.80. The van der Waals surface area contributed by atoms with E-state index in [1.807, 2.05) is 90.1 Å². The SMILES string of the molecule is CC(C)(C)CCC(=O)NC(C)(C)C.CC(C)(C)CCNC(C)(C)C.CC(C)(C)COC(=O)NC(C)(C)C.CN(CC(C)(C)C)C(=O)NC(C)(C)C. The molecule has 0 atom stereocenters. The van der Waals surface area contributed by atoms with Crippen molar-refractivity contribution in [3.05, 3.63) is 0 Å². The minimum atomic E-state index is -0.345. The van der Waals surface area contributed by atoms with Crippen molar-refractivity contribution in [3.8, 4) is 0 Å². The van der Waals surface area contributed by atoms with Gasteiger partial charge in [0.15, 0.2) is 0 Å². The average molecular weight is 730 g/mol. The molecule has 0 aliphatic rings. The van der Waals surface area contributed by atoms with Gasteiger partial charge < -0.3 is 30.9 Å². The fourth-order valence-corrected chi connectivity index (χ4v) is 3.61. The van der Waals surface area contributed by atoms with E-state index in [4.69, 9.17) is 4.74 Å². The maximum atomic E-state index is 11.7. The van der Waals surface area contributed by atoms with E-state index in [1.165, 1.54) is 6.42 Å². The van der Waals surface area contributed by atoms with Crippen LogP contribution in [0.25, 0.3) is 0 Å². The fraction of sp³-hybridized carbons (Fsp3) is 0.929. The Morgan fingerprint density at radius 3 is 1.18 bits per heavy atom. The third-order valence-corrected chi connectivity index (χ3v) is 5.80. The molecular formula is C42H91N5O4. The van der Waals surface area contributed by atoms with Gasteiger partial charge in [0, 0.05) is 42.2 Å². The van der Waals surface area contributed by atoms with Gasteiger partial charge in [-0.05, 0) is 124 Å². The van der Waals surface area contributed by atoms with Crippen LogP contribution in [0.2, 0.25) is 0 Å². The second kappa shape index (κ2) is 22.2. The Labute approximate surface area is 318 Å². The second-order valence-corrected chi connectivity index (χ2v) is 23.0. The number of amides is 4. The number of ether oxygens (including phenoxy) is 1. The van der Waals surface area contributed by atoms with Crippen LogP contribution in [0.3, 0.4) is 0 Å². The Morgan fingerprint density at radius 2 is 0.882 bits per heavy atom. The van der Waals surface area contributed by atoms with Gasteiger partial charge in [-0.3, -0.25) is 4.79 Å². The normalized spacial score (nSPS) is 12.8. The second-order valence-electron chi connectivity index (χ2n) is 23.0. The zero-order chi connectivity index (χ0) is 42.1. The summed E-state index contributed by atoms with van der Waals surface area (Å²) < 4.78 is 5.03. The first-order chi connectivity index (χ1) is 21.9. The molecule has 9 heteroatoms. The summed E-state index contributed by atoms with van der Waals surface area (Å²) in [5.41, 5.74) is 0.644. The number of carbonyl (C=O) groups excluding carboxylic acids is 3. The molecule has 0 unspecified atom stereocenters. The first-order valence-corrected chi connectivity index (χ1v) is 19.0. The van der Waals surface area contributed by atoms with Gasteiger partial charge in [-0.25, -0.2) is 9.59 Å². The molecule has 51 heavy (non-hydrogen) atoms. The van der Waals surface area contributed by atoms with Crippen molar-refractivity contribution in [2.45, 2.75) is 208 Å². The molecule has 0 spiro atoms. The summed E-state index contributed by atoms with van der Waals surface area (Å²) in [6, 6.07) is -0.00701. The van der Waals surface area contributed by atoms with Gasteiger partial charge in [0.25, 0.3) is 0 Å². The van der Waals surface area contributed by atoms with Crippen LogP contribution in [0.15, 0.2) is 0 Å². The van der Waals surface area contributed by atoms with Gasteiger partial charge in [0.2, 0.25) is 5.91 Å². The lowest BCUT2D eigenvalue weighted by Gasteiger charge is -2.30. The van der Waals surface area contributed by atoms with E-state index in [9.17, 15) is 14.4 Å². The van der Waals surface area contributed by atoms with E-state index in [-0.39, 0.29) is 56.4 Å². The molecule has 0 aromatic heterocycles. The lowest BCUT2D eigenvalue weighted by Crippen LogP contribution is -2.48. The van der Waals surface area contributed by atoms with Crippen molar-refractivity contribution in [3.63, 3.8) is 0 Å². The number of carbonyl (C=O) groups is 3. The molecule has 0 rings (SSSR count). The van der Waals surface area contributed by atoms with E-state index in [2.05, 4.69) is 104 Å². The van der Waals surface area contributed by atoms with Crippen molar-refractivity contribution >= 4 is 18.0 Å². The summed E-state index contributed by atoms with van der Waals surface area (Å²) in [5.74, 6) is 0.155. The number of nitrogens with zero attached hydrogens (tertiary/aromatic N) is 1. The van der Waals surface area contributed by atoms with Crippen LogP contribution < -0.4 is 21.3 Å². The first kappa shape index (κ1) is 55.7. The molecule has 4 N–H and O–H groups in total. The highest BCUT2D eigenvalue weighted by molar-refractivity contribution is 5.76. The highest BCUT2D eigenvalue weighted by Gasteiger charge is 2.21. The molecule has 4 amide bonds. The van der Waals surface area contributed by atoms with Crippen molar-refractivity contribution in [2.75, 3.05) is 26.7 Å². The van der Waals surface area contributed by atoms with Crippen LogP contribution in [0, 0.1) is 21.7 Å². The van der Waals surface area contributed by atoms with Crippen molar-refractivity contribution in [1.82, 2.24) is 26.2 Å². The van der Waals surface area contributed by atoms with Crippen LogP contribution in [-0.4, -0.2) is 71.8 Å². The molecule has 0 aromatic carbocycles. The Morgan fingerprint density at radius 1 is 0.490 bits per heavy atom. The highest BCUT2D eigenvalue weighted by Crippen LogP contribution is 2.21. The zero-order valence-electron chi connectivity index (χ0n) is 38.8. The summed E-state index contributed by atoms with van der Waals surface area (Å²) >= 11 is 0. The van der Waals surface area contributed by atoms with Crippen molar-refractivity contribution < 1.29 is 19.1 Å². The summed E-state index contributed by atoms with van der Waals surface area (Å²) in [5, 5.41) is 12.1. The minimum Gasteiger partial charge on any atom is -0.449 e. The van der Waals surface area contributed by atoms with Gasteiger partial charge in [0.1, 0.15) is 0 Å². The Balaban J connectivity index is -0.000000290. The number of hydrogen-bond acceptors (Lipinski definition) is 5. The summed E-state index contributed by atoms with van der Waals surface area (Å²) in [4.78, 5) is 35.9. The standard InChI is InChI=1S/C11H24N2O.C11H23NO.C10H21NO2.C10H23N/c1-10(2,3)8-13(7)9(14)12-11(4,5)6;1-10(2,3)8-7-9(13)12-11(4,5)6;1-9(2,3)7-13-8(12)11-10(4,5)6;1-9(2,3)7-8-11-10(4,5)6/h8H2,1-7H3,(H,12,14);7-8H2,1-6H3,(H,12,13);7H2,1-6H3,(H,11,12);11H,7-8H2,1-6H3. The molecule has 9 nitrogen and oxygen atoms in total. The number of rotatable bonds is 6. The number of nitrogens with one attached hydrogen (secondary N) is 4.